The van der Waals surface area contributed by atoms with Crippen molar-refractivity contribution in [3.63, 3.8) is 0 Å². The molecule has 17 heavy (non-hydrogen) atoms. The van der Waals surface area contributed by atoms with Gasteiger partial charge in [-0.3, -0.25) is 4.79 Å². The molecule has 0 aromatic carbocycles. The summed E-state index contributed by atoms with van der Waals surface area (Å²) in [6.07, 6.45) is 2.95. The second kappa shape index (κ2) is 8.48. The maximum Gasteiger partial charge on any atom is 0.320 e. The zero-order chi connectivity index (χ0) is 13.3. The van der Waals surface area contributed by atoms with Gasteiger partial charge in [0, 0.05) is 6.61 Å². The summed E-state index contributed by atoms with van der Waals surface area (Å²) in [4.78, 5) is 11.4. The number of hydrogen-bond donors (Lipinski definition) is 2. The SMILES string of the molecule is CCCC(CCO)CNCC(=O)OC(C)(C)C. The zero-order valence-corrected chi connectivity index (χ0v) is 11.6. The van der Waals surface area contributed by atoms with E-state index in [1.807, 2.05) is 20.8 Å². The second-order valence-corrected chi connectivity index (χ2v) is 5.38. The fourth-order valence-electron chi connectivity index (χ4n) is 1.70. The summed E-state index contributed by atoms with van der Waals surface area (Å²) in [5.41, 5.74) is -0.424. The van der Waals surface area contributed by atoms with Crippen molar-refractivity contribution in [2.75, 3.05) is 19.7 Å². The molecule has 0 radical (unpaired) electrons. The number of rotatable bonds is 8. The molecule has 0 aromatic heterocycles. The zero-order valence-electron chi connectivity index (χ0n) is 11.6. The highest BCUT2D eigenvalue weighted by atomic mass is 16.6. The van der Waals surface area contributed by atoms with Crippen LogP contribution in [0.5, 0.6) is 0 Å². The Bertz CT molecular complexity index is 205. The van der Waals surface area contributed by atoms with Gasteiger partial charge in [0.05, 0.1) is 6.54 Å². The molecule has 4 heteroatoms. The van der Waals surface area contributed by atoms with Crippen LogP contribution in [0.2, 0.25) is 0 Å². The van der Waals surface area contributed by atoms with Gasteiger partial charge in [0.2, 0.25) is 0 Å². The number of carbonyl (C=O) groups is 1. The van der Waals surface area contributed by atoms with Gasteiger partial charge >= 0.3 is 5.97 Å². The Hall–Kier alpha value is -0.610. The van der Waals surface area contributed by atoms with E-state index in [0.717, 1.165) is 25.8 Å². The summed E-state index contributed by atoms with van der Waals surface area (Å²) in [6.45, 7) is 8.90. The summed E-state index contributed by atoms with van der Waals surface area (Å²) >= 11 is 0. The third-order valence-corrected chi connectivity index (χ3v) is 2.36. The summed E-state index contributed by atoms with van der Waals surface area (Å²) in [6, 6.07) is 0. The molecule has 0 rings (SSSR count). The number of aliphatic hydroxyl groups excluding tert-OH is 1. The van der Waals surface area contributed by atoms with Crippen LogP contribution in [0.4, 0.5) is 0 Å². The minimum Gasteiger partial charge on any atom is -0.459 e. The quantitative estimate of drug-likeness (QED) is 0.639. The largest absolute Gasteiger partial charge is 0.459 e. The fourth-order valence-corrected chi connectivity index (χ4v) is 1.70. The van der Waals surface area contributed by atoms with Crippen LogP contribution >= 0.6 is 0 Å². The first-order valence-electron chi connectivity index (χ1n) is 6.42. The molecular weight excluding hydrogens is 218 g/mol. The van der Waals surface area contributed by atoms with E-state index in [0.29, 0.717) is 5.92 Å². The van der Waals surface area contributed by atoms with E-state index in [9.17, 15) is 4.79 Å². The Morgan fingerprint density at radius 1 is 1.35 bits per heavy atom. The van der Waals surface area contributed by atoms with Crippen molar-refractivity contribution in [1.82, 2.24) is 5.32 Å². The van der Waals surface area contributed by atoms with Gasteiger partial charge in [-0.2, -0.15) is 0 Å². The van der Waals surface area contributed by atoms with Gasteiger partial charge in [-0.25, -0.2) is 0 Å². The highest BCUT2D eigenvalue weighted by Gasteiger charge is 2.16. The highest BCUT2D eigenvalue weighted by molar-refractivity contribution is 5.72. The minimum absolute atomic E-state index is 0.207. The summed E-state index contributed by atoms with van der Waals surface area (Å²) in [5, 5.41) is 12.0. The molecule has 0 aliphatic heterocycles. The number of hydrogen-bond acceptors (Lipinski definition) is 4. The van der Waals surface area contributed by atoms with Gasteiger partial charge < -0.3 is 15.2 Å². The van der Waals surface area contributed by atoms with Gasteiger partial charge in [-0.05, 0) is 46.1 Å². The Labute approximate surface area is 105 Å². The van der Waals surface area contributed by atoms with E-state index in [2.05, 4.69) is 12.2 Å². The smallest absolute Gasteiger partial charge is 0.320 e. The number of carbonyl (C=O) groups excluding carboxylic acids is 1. The standard InChI is InChI=1S/C13H27NO3/c1-5-6-11(7-8-15)9-14-10-12(16)17-13(2,3)4/h11,14-15H,5-10H2,1-4H3. The topological polar surface area (TPSA) is 58.6 Å². The first kappa shape index (κ1) is 16.4. The molecule has 0 aliphatic carbocycles. The third kappa shape index (κ3) is 10.3. The first-order chi connectivity index (χ1) is 7.89. The molecule has 0 spiro atoms. The van der Waals surface area contributed by atoms with E-state index >= 15 is 0 Å². The van der Waals surface area contributed by atoms with Crippen LogP contribution in [-0.4, -0.2) is 36.4 Å². The molecule has 2 N–H and O–H groups in total. The van der Waals surface area contributed by atoms with Gasteiger partial charge in [-0.15, -0.1) is 0 Å². The lowest BCUT2D eigenvalue weighted by atomic mass is 10.0. The summed E-state index contributed by atoms with van der Waals surface area (Å²) in [7, 11) is 0. The molecule has 0 aliphatic rings. The predicted octanol–water partition coefficient (Wildman–Crippen LogP) is 1.72. The van der Waals surface area contributed by atoms with Crippen LogP contribution in [0.15, 0.2) is 0 Å². The molecule has 0 saturated carbocycles. The predicted molar refractivity (Wildman–Crippen MR) is 68.8 cm³/mol. The van der Waals surface area contributed by atoms with Crippen LogP contribution in [0.3, 0.4) is 0 Å². The summed E-state index contributed by atoms with van der Waals surface area (Å²) in [5.74, 6) is 0.212. The summed E-state index contributed by atoms with van der Waals surface area (Å²) < 4.78 is 5.19. The molecule has 1 unspecified atom stereocenters. The molecule has 0 saturated heterocycles. The molecule has 1 atom stereocenters. The maximum atomic E-state index is 11.4. The van der Waals surface area contributed by atoms with E-state index in [4.69, 9.17) is 9.84 Å². The Balaban J connectivity index is 3.76. The van der Waals surface area contributed by atoms with Crippen LogP contribution in [0.25, 0.3) is 0 Å². The highest BCUT2D eigenvalue weighted by Crippen LogP contribution is 2.09. The lowest BCUT2D eigenvalue weighted by Crippen LogP contribution is -2.34. The van der Waals surface area contributed by atoms with Gasteiger partial charge in [0.1, 0.15) is 5.60 Å². The van der Waals surface area contributed by atoms with Crippen LogP contribution in [-0.2, 0) is 9.53 Å². The Morgan fingerprint density at radius 3 is 2.47 bits per heavy atom. The Kier molecular flexibility index (Phi) is 8.17. The van der Waals surface area contributed by atoms with Crippen molar-refractivity contribution in [2.45, 2.75) is 52.6 Å². The number of nitrogens with one attached hydrogen (secondary N) is 1. The van der Waals surface area contributed by atoms with E-state index in [-0.39, 0.29) is 19.1 Å². The first-order valence-corrected chi connectivity index (χ1v) is 6.42. The van der Waals surface area contributed by atoms with Gasteiger partial charge in [0.25, 0.3) is 0 Å². The van der Waals surface area contributed by atoms with Crippen molar-refractivity contribution < 1.29 is 14.6 Å². The number of esters is 1. The van der Waals surface area contributed by atoms with Crippen LogP contribution in [0.1, 0.15) is 47.0 Å². The van der Waals surface area contributed by atoms with Crippen molar-refractivity contribution in [2.24, 2.45) is 5.92 Å². The van der Waals surface area contributed by atoms with Crippen molar-refractivity contribution >= 4 is 5.97 Å². The Morgan fingerprint density at radius 2 is 2.00 bits per heavy atom. The molecule has 0 heterocycles. The van der Waals surface area contributed by atoms with E-state index < -0.39 is 5.60 Å². The number of aliphatic hydroxyl groups is 1. The molecule has 102 valence electrons. The van der Waals surface area contributed by atoms with Crippen molar-refractivity contribution in [1.29, 1.82) is 0 Å². The second-order valence-electron chi connectivity index (χ2n) is 5.38. The number of ether oxygens (including phenoxy) is 1. The van der Waals surface area contributed by atoms with Gasteiger partial charge in [0.15, 0.2) is 0 Å². The third-order valence-electron chi connectivity index (χ3n) is 2.36. The average Bonchev–Trinajstić information content (AvgIpc) is 2.15. The van der Waals surface area contributed by atoms with E-state index in [1.54, 1.807) is 0 Å². The van der Waals surface area contributed by atoms with Crippen LogP contribution in [0, 0.1) is 5.92 Å². The van der Waals surface area contributed by atoms with Gasteiger partial charge in [-0.1, -0.05) is 13.3 Å². The average molecular weight is 245 g/mol. The lowest BCUT2D eigenvalue weighted by molar-refractivity contribution is -0.153. The molecule has 4 nitrogen and oxygen atoms in total. The van der Waals surface area contributed by atoms with E-state index in [1.165, 1.54) is 0 Å². The fraction of sp³-hybridized carbons (Fsp3) is 0.923. The lowest BCUT2D eigenvalue weighted by Gasteiger charge is -2.20. The molecule has 0 fully saturated rings. The molecule has 0 amide bonds. The monoisotopic (exact) mass is 245 g/mol. The molecule has 0 aromatic rings. The molecule has 0 bridgehead atoms. The molecular formula is C13H27NO3. The van der Waals surface area contributed by atoms with Crippen molar-refractivity contribution in [3.05, 3.63) is 0 Å². The van der Waals surface area contributed by atoms with Crippen LogP contribution < -0.4 is 5.32 Å². The van der Waals surface area contributed by atoms with Crippen molar-refractivity contribution in [3.8, 4) is 0 Å². The minimum atomic E-state index is -0.424. The maximum absolute atomic E-state index is 11.4. The normalized spacial score (nSPS) is 13.5.